The number of piperidine rings is 1. The van der Waals surface area contributed by atoms with Crippen LogP contribution in [0.1, 0.15) is 36.8 Å². The number of hydrogen-bond acceptors (Lipinski definition) is 4. The van der Waals surface area contributed by atoms with Crippen molar-refractivity contribution < 1.29 is 0 Å². The molecule has 0 aliphatic carbocycles. The summed E-state index contributed by atoms with van der Waals surface area (Å²) < 4.78 is 4.04. The fourth-order valence-electron chi connectivity index (χ4n) is 4.05. The topological polar surface area (TPSA) is 51.2 Å². The van der Waals surface area contributed by atoms with E-state index in [0.717, 1.165) is 42.2 Å². The summed E-state index contributed by atoms with van der Waals surface area (Å²) in [7, 11) is 2.11. The Kier molecular flexibility index (Phi) is 3.71. The zero-order chi connectivity index (χ0) is 17.5. The largest absolute Gasteiger partial charge is 0.330 e. The van der Waals surface area contributed by atoms with Crippen molar-refractivity contribution in [3.05, 3.63) is 60.3 Å². The van der Waals surface area contributed by atoms with Crippen LogP contribution < -0.4 is 0 Å². The third-order valence-corrected chi connectivity index (χ3v) is 5.46. The lowest BCUT2D eigenvalue weighted by atomic mass is 9.99. The third-order valence-electron chi connectivity index (χ3n) is 5.46. The van der Waals surface area contributed by atoms with E-state index in [1.165, 1.54) is 18.4 Å². The number of likely N-dealkylation sites (tertiary alicyclic amines) is 1. The third kappa shape index (κ3) is 2.57. The highest BCUT2D eigenvalue weighted by atomic mass is 15.3. The number of aromatic nitrogens is 5. The van der Waals surface area contributed by atoms with Crippen LogP contribution in [0, 0.1) is 0 Å². The molecule has 0 spiro atoms. The van der Waals surface area contributed by atoms with Gasteiger partial charge in [0.05, 0.1) is 35.5 Å². The van der Waals surface area contributed by atoms with E-state index >= 15 is 0 Å². The van der Waals surface area contributed by atoms with E-state index < -0.39 is 0 Å². The van der Waals surface area contributed by atoms with Crippen LogP contribution in [0.3, 0.4) is 0 Å². The SMILES string of the molecule is Cn1c(CN2CCCCC2c2ccn3nccc3n2)nc2ccccc21. The van der Waals surface area contributed by atoms with Crippen LogP contribution in [0.15, 0.2) is 48.8 Å². The maximum atomic E-state index is 4.86. The molecule has 1 aromatic carbocycles. The Hall–Kier alpha value is -2.73. The number of imidazole rings is 1. The van der Waals surface area contributed by atoms with Crippen LogP contribution in [0.25, 0.3) is 16.7 Å². The molecule has 6 heteroatoms. The molecule has 0 amide bonds. The maximum Gasteiger partial charge on any atom is 0.155 e. The molecule has 1 atom stereocenters. The second-order valence-corrected chi connectivity index (χ2v) is 7.04. The number of rotatable bonds is 3. The summed E-state index contributed by atoms with van der Waals surface area (Å²) >= 11 is 0. The van der Waals surface area contributed by atoms with Gasteiger partial charge in [0.2, 0.25) is 0 Å². The molecule has 1 aliphatic rings. The summed E-state index contributed by atoms with van der Waals surface area (Å²) in [5, 5.41) is 4.25. The number of aryl methyl sites for hydroxylation is 1. The fourth-order valence-corrected chi connectivity index (χ4v) is 4.05. The van der Waals surface area contributed by atoms with Crippen LogP contribution in [-0.2, 0) is 13.6 Å². The van der Waals surface area contributed by atoms with Crippen LogP contribution in [0.2, 0.25) is 0 Å². The van der Waals surface area contributed by atoms with Gasteiger partial charge >= 0.3 is 0 Å². The van der Waals surface area contributed by atoms with Crippen LogP contribution in [0.5, 0.6) is 0 Å². The predicted molar refractivity (Wildman–Crippen MR) is 101 cm³/mol. The smallest absolute Gasteiger partial charge is 0.155 e. The number of para-hydroxylation sites is 2. The molecule has 132 valence electrons. The normalized spacial score (nSPS) is 18.7. The van der Waals surface area contributed by atoms with Crippen LogP contribution in [0.4, 0.5) is 0 Å². The van der Waals surface area contributed by atoms with Gasteiger partial charge in [-0.15, -0.1) is 0 Å². The molecule has 1 fully saturated rings. The summed E-state index contributed by atoms with van der Waals surface area (Å²) in [6.45, 7) is 1.93. The van der Waals surface area contributed by atoms with Crippen molar-refractivity contribution in [2.24, 2.45) is 7.05 Å². The summed E-state index contributed by atoms with van der Waals surface area (Å²) in [6, 6.07) is 12.7. The van der Waals surface area contributed by atoms with Gasteiger partial charge in [0.25, 0.3) is 0 Å². The molecule has 0 N–H and O–H groups in total. The Morgan fingerprint density at radius 2 is 2.00 bits per heavy atom. The lowest BCUT2D eigenvalue weighted by Crippen LogP contribution is -2.34. The molecule has 5 rings (SSSR count). The minimum absolute atomic E-state index is 0.337. The lowest BCUT2D eigenvalue weighted by Gasteiger charge is -2.35. The van der Waals surface area contributed by atoms with Crippen LogP contribution in [-0.4, -0.2) is 35.6 Å². The standard InChI is InChI=1S/C20H22N6/c1-24-17-7-3-2-6-15(17)23-20(24)14-25-12-5-4-8-18(25)16-10-13-26-19(22-16)9-11-21-26/h2-3,6-7,9-11,13,18H,4-5,8,12,14H2,1H3. The zero-order valence-electron chi connectivity index (χ0n) is 14.9. The molecular weight excluding hydrogens is 324 g/mol. The van der Waals surface area contributed by atoms with Crippen molar-refractivity contribution in [1.29, 1.82) is 0 Å². The quantitative estimate of drug-likeness (QED) is 0.571. The molecule has 0 bridgehead atoms. The molecule has 1 aliphatic heterocycles. The number of fused-ring (bicyclic) bond motifs is 2. The van der Waals surface area contributed by atoms with Gasteiger partial charge in [0, 0.05) is 19.3 Å². The van der Waals surface area contributed by atoms with Gasteiger partial charge in [0.1, 0.15) is 5.82 Å². The average Bonchev–Trinajstić information content (AvgIpc) is 3.27. The monoisotopic (exact) mass is 346 g/mol. The van der Waals surface area contributed by atoms with Crippen molar-refractivity contribution in [3.63, 3.8) is 0 Å². The molecule has 4 heterocycles. The first kappa shape index (κ1) is 15.5. The first-order valence-corrected chi connectivity index (χ1v) is 9.24. The van der Waals surface area contributed by atoms with Crippen molar-refractivity contribution >= 4 is 16.7 Å². The zero-order valence-corrected chi connectivity index (χ0v) is 14.9. The van der Waals surface area contributed by atoms with Crippen molar-refractivity contribution in [2.75, 3.05) is 6.54 Å². The Morgan fingerprint density at radius 3 is 2.92 bits per heavy atom. The van der Waals surface area contributed by atoms with Crippen molar-refractivity contribution in [2.45, 2.75) is 31.8 Å². The maximum absolute atomic E-state index is 4.86. The average molecular weight is 346 g/mol. The Balaban J connectivity index is 1.48. The van der Waals surface area contributed by atoms with Gasteiger partial charge in [-0.3, -0.25) is 4.90 Å². The molecule has 6 nitrogen and oxygen atoms in total. The van der Waals surface area contributed by atoms with Crippen molar-refractivity contribution in [3.8, 4) is 0 Å². The lowest BCUT2D eigenvalue weighted by molar-refractivity contribution is 0.133. The number of hydrogen-bond donors (Lipinski definition) is 0. The minimum Gasteiger partial charge on any atom is -0.330 e. The Bertz CT molecular complexity index is 1060. The van der Waals surface area contributed by atoms with E-state index in [-0.39, 0.29) is 0 Å². The molecule has 3 aromatic heterocycles. The van der Waals surface area contributed by atoms with E-state index in [0.29, 0.717) is 6.04 Å². The molecule has 1 unspecified atom stereocenters. The predicted octanol–water partition coefficient (Wildman–Crippen LogP) is 3.34. The number of nitrogens with zero attached hydrogens (tertiary/aromatic N) is 6. The van der Waals surface area contributed by atoms with Gasteiger partial charge < -0.3 is 4.57 Å². The van der Waals surface area contributed by atoms with Gasteiger partial charge in [0.15, 0.2) is 5.65 Å². The van der Waals surface area contributed by atoms with Crippen molar-refractivity contribution in [1.82, 2.24) is 29.0 Å². The van der Waals surface area contributed by atoms with Gasteiger partial charge in [-0.05, 0) is 37.6 Å². The molecule has 0 saturated carbocycles. The highest BCUT2D eigenvalue weighted by molar-refractivity contribution is 5.75. The molecule has 26 heavy (non-hydrogen) atoms. The van der Waals surface area contributed by atoms with E-state index in [1.54, 1.807) is 6.20 Å². The van der Waals surface area contributed by atoms with E-state index in [9.17, 15) is 0 Å². The molecule has 4 aromatic rings. The van der Waals surface area contributed by atoms with Gasteiger partial charge in [-0.25, -0.2) is 14.5 Å². The molecule has 0 radical (unpaired) electrons. The van der Waals surface area contributed by atoms with Crippen LogP contribution >= 0.6 is 0 Å². The molecule has 1 saturated heterocycles. The summed E-state index contributed by atoms with van der Waals surface area (Å²) in [5.74, 6) is 1.11. The minimum atomic E-state index is 0.337. The van der Waals surface area contributed by atoms with E-state index in [4.69, 9.17) is 9.97 Å². The highest BCUT2D eigenvalue weighted by Crippen LogP contribution is 2.31. The van der Waals surface area contributed by atoms with E-state index in [1.807, 2.05) is 22.8 Å². The summed E-state index contributed by atoms with van der Waals surface area (Å²) in [6.07, 6.45) is 7.43. The second kappa shape index (κ2) is 6.21. The van der Waals surface area contributed by atoms with Gasteiger partial charge in [-0.1, -0.05) is 18.6 Å². The fraction of sp³-hybridized carbons (Fsp3) is 0.350. The second-order valence-electron chi connectivity index (χ2n) is 7.04. The summed E-state index contributed by atoms with van der Waals surface area (Å²) in [4.78, 5) is 12.2. The summed E-state index contributed by atoms with van der Waals surface area (Å²) in [5.41, 5.74) is 4.31. The highest BCUT2D eigenvalue weighted by Gasteiger charge is 2.26. The van der Waals surface area contributed by atoms with Gasteiger partial charge in [-0.2, -0.15) is 5.10 Å². The van der Waals surface area contributed by atoms with E-state index in [2.05, 4.69) is 45.9 Å². The molecular formula is C20H22N6. The first-order valence-electron chi connectivity index (χ1n) is 9.24. The first-order chi connectivity index (χ1) is 12.8. The Morgan fingerprint density at radius 1 is 1.08 bits per heavy atom. The Labute approximate surface area is 152 Å². The number of benzene rings is 1.